The first kappa shape index (κ1) is 16.1. The van der Waals surface area contributed by atoms with Crippen molar-refractivity contribution in [2.75, 3.05) is 6.79 Å². The summed E-state index contributed by atoms with van der Waals surface area (Å²) in [4.78, 5) is 15.7. The summed E-state index contributed by atoms with van der Waals surface area (Å²) < 4.78 is 17.3. The maximum Gasteiger partial charge on any atom is 0.231 e. The first-order chi connectivity index (χ1) is 12.2. The van der Waals surface area contributed by atoms with E-state index in [0.717, 1.165) is 38.5 Å². The van der Waals surface area contributed by atoms with Crippen LogP contribution in [0.4, 0.5) is 0 Å². The van der Waals surface area contributed by atoms with Crippen molar-refractivity contribution in [3.63, 3.8) is 0 Å². The van der Waals surface area contributed by atoms with Crippen LogP contribution in [0.25, 0.3) is 10.6 Å². The second kappa shape index (κ2) is 6.85. The van der Waals surface area contributed by atoms with Crippen LogP contribution in [0.3, 0.4) is 0 Å². The van der Waals surface area contributed by atoms with Crippen molar-refractivity contribution in [3.8, 4) is 27.8 Å². The van der Waals surface area contributed by atoms with Crippen LogP contribution in [-0.2, 0) is 6.61 Å². The molecule has 0 saturated heterocycles. The Balaban J connectivity index is 1.49. The minimum Gasteiger partial charge on any atom is -0.487 e. The molecule has 0 spiro atoms. The van der Waals surface area contributed by atoms with Crippen LogP contribution in [0.15, 0.2) is 46.3 Å². The van der Waals surface area contributed by atoms with Crippen LogP contribution in [-0.4, -0.2) is 18.1 Å². The molecule has 2 heterocycles. The van der Waals surface area contributed by atoms with E-state index >= 15 is 0 Å². The number of carbonyl (C=O) groups excluding carboxylic acids is 1. The number of thiazole rings is 1. The van der Waals surface area contributed by atoms with E-state index in [1.54, 1.807) is 12.1 Å². The number of ether oxygens (including phenoxy) is 3. The van der Waals surface area contributed by atoms with E-state index in [9.17, 15) is 4.79 Å². The molecule has 0 atom stereocenters. The maximum absolute atomic E-state index is 11.1. The molecule has 0 fully saturated rings. The van der Waals surface area contributed by atoms with Crippen molar-refractivity contribution in [3.05, 3.63) is 57.5 Å². The van der Waals surface area contributed by atoms with E-state index in [1.807, 2.05) is 29.6 Å². The summed E-state index contributed by atoms with van der Waals surface area (Å²) in [5.41, 5.74) is 2.27. The molecule has 4 rings (SSSR count). The van der Waals surface area contributed by atoms with Gasteiger partial charge in [0.2, 0.25) is 6.79 Å². The number of hydrogen-bond acceptors (Lipinski definition) is 6. The second-order valence-electron chi connectivity index (χ2n) is 5.30. The van der Waals surface area contributed by atoms with Crippen LogP contribution < -0.4 is 14.2 Å². The summed E-state index contributed by atoms with van der Waals surface area (Å²) in [6.45, 7) is 0.547. The molecule has 0 bridgehead atoms. The molecule has 5 nitrogen and oxygen atoms in total. The molecule has 0 amide bonds. The molecule has 0 N–H and O–H groups in total. The monoisotopic (exact) mass is 417 g/mol. The van der Waals surface area contributed by atoms with Gasteiger partial charge in [0.25, 0.3) is 0 Å². The minimum atomic E-state index is 0.252. The molecule has 1 aliphatic rings. The Morgan fingerprint density at radius 3 is 2.96 bits per heavy atom. The number of aromatic nitrogens is 1. The third-order valence-electron chi connectivity index (χ3n) is 3.65. The zero-order valence-electron chi connectivity index (χ0n) is 12.9. The molecule has 2 aromatic carbocycles. The van der Waals surface area contributed by atoms with E-state index in [4.69, 9.17) is 14.2 Å². The third-order valence-corrected chi connectivity index (χ3v) is 5.08. The molecule has 1 aliphatic heterocycles. The topological polar surface area (TPSA) is 57.7 Å². The van der Waals surface area contributed by atoms with Crippen molar-refractivity contribution in [1.29, 1.82) is 0 Å². The molecule has 25 heavy (non-hydrogen) atoms. The highest BCUT2D eigenvalue weighted by Crippen LogP contribution is 2.36. The number of hydrogen-bond donors (Lipinski definition) is 0. The van der Waals surface area contributed by atoms with E-state index in [0.29, 0.717) is 17.9 Å². The average Bonchev–Trinajstić information content (AvgIpc) is 3.29. The van der Waals surface area contributed by atoms with Crippen LogP contribution in [0.1, 0.15) is 16.1 Å². The van der Waals surface area contributed by atoms with E-state index in [-0.39, 0.29) is 6.79 Å². The Kier molecular flexibility index (Phi) is 4.42. The lowest BCUT2D eigenvalue weighted by atomic mass is 10.2. The third kappa shape index (κ3) is 3.38. The van der Waals surface area contributed by atoms with Gasteiger partial charge in [0.15, 0.2) is 17.8 Å². The normalized spacial score (nSPS) is 12.2. The molecule has 3 aromatic rings. The van der Waals surface area contributed by atoms with Gasteiger partial charge in [-0.25, -0.2) is 4.98 Å². The highest BCUT2D eigenvalue weighted by molar-refractivity contribution is 9.10. The van der Waals surface area contributed by atoms with Gasteiger partial charge in [-0.1, -0.05) is 15.9 Å². The number of carbonyl (C=O) groups is 1. The number of nitrogens with zero attached hydrogens (tertiary/aromatic N) is 1. The predicted molar refractivity (Wildman–Crippen MR) is 97.5 cm³/mol. The summed E-state index contributed by atoms with van der Waals surface area (Å²) in [6.07, 6.45) is 0.777. The van der Waals surface area contributed by atoms with Crippen molar-refractivity contribution in [1.82, 2.24) is 4.98 Å². The first-order valence-electron chi connectivity index (χ1n) is 7.45. The molecular weight excluding hydrogens is 406 g/mol. The number of halogens is 1. The van der Waals surface area contributed by atoms with Crippen molar-refractivity contribution >= 4 is 33.6 Å². The van der Waals surface area contributed by atoms with Crippen LogP contribution in [0, 0.1) is 0 Å². The highest BCUT2D eigenvalue weighted by Gasteiger charge is 2.15. The van der Waals surface area contributed by atoms with Gasteiger partial charge >= 0.3 is 0 Å². The Hall–Kier alpha value is -2.38. The highest BCUT2D eigenvalue weighted by atomic mass is 79.9. The number of benzene rings is 2. The van der Waals surface area contributed by atoms with Gasteiger partial charge in [-0.15, -0.1) is 11.3 Å². The number of rotatable bonds is 5. The maximum atomic E-state index is 11.1. The molecule has 0 aliphatic carbocycles. The number of aldehydes is 1. The average molecular weight is 418 g/mol. The van der Waals surface area contributed by atoms with E-state index in [2.05, 4.69) is 20.9 Å². The van der Waals surface area contributed by atoms with Gasteiger partial charge in [-0.05, 0) is 36.4 Å². The minimum absolute atomic E-state index is 0.252. The second-order valence-corrected chi connectivity index (χ2v) is 7.07. The fraction of sp³-hybridized carbons (Fsp3) is 0.111. The summed E-state index contributed by atoms with van der Waals surface area (Å²) in [5, 5.41) is 2.82. The zero-order chi connectivity index (χ0) is 17.2. The molecule has 7 heteroatoms. The van der Waals surface area contributed by atoms with Gasteiger partial charge in [0, 0.05) is 15.4 Å². The van der Waals surface area contributed by atoms with Crippen LogP contribution >= 0.6 is 27.3 Å². The molecule has 0 radical (unpaired) electrons. The Morgan fingerprint density at radius 2 is 2.08 bits per heavy atom. The lowest BCUT2D eigenvalue weighted by Gasteiger charge is -2.07. The standard InChI is InChI=1S/C18H12BrNO4S/c19-13-2-4-15(12(5-13)7-21)22-8-14-9-25-18(20-14)11-1-3-16-17(6-11)24-10-23-16/h1-7,9H,8,10H2. The predicted octanol–water partition coefficient (Wildman–Crippen LogP) is 4.69. The Labute approximate surface area is 156 Å². The smallest absolute Gasteiger partial charge is 0.231 e. The summed E-state index contributed by atoms with van der Waals surface area (Å²) in [7, 11) is 0. The summed E-state index contributed by atoms with van der Waals surface area (Å²) in [6, 6.07) is 11.1. The molecular formula is C18H12BrNO4S. The number of fused-ring (bicyclic) bond motifs is 1. The molecule has 0 unspecified atom stereocenters. The lowest BCUT2D eigenvalue weighted by molar-refractivity contribution is 0.111. The Bertz CT molecular complexity index is 941. The van der Waals surface area contributed by atoms with E-state index in [1.165, 1.54) is 11.3 Å². The van der Waals surface area contributed by atoms with Crippen molar-refractivity contribution in [2.45, 2.75) is 6.61 Å². The summed E-state index contributed by atoms with van der Waals surface area (Å²) in [5.74, 6) is 2.02. The summed E-state index contributed by atoms with van der Waals surface area (Å²) >= 11 is 4.87. The van der Waals surface area contributed by atoms with Crippen molar-refractivity contribution in [2.24, 2.45) is 0 Å². The van der Waals surface area contributed by atoms with Gasteiger partial charge in [-0.3, -0.25) is 4.79 Å². The van der Waals surface area contributed by atoms with Crippen molar-refractivity contribution < 1.29 is 19.0 Å². The van der Waals surface area contributed by atoms with Crippen LogP contribution in [0.5, 0.6) is 17.2 Å². The molecule has 0 saturated carbocycles. The quantitative estimate of drug-likeness (QED) is 0.563. The lowest BCUT2D eigenvalue weighted by Crippen LogP contribution is -1.98. The largest absolute Gasteiger partial charge is 0.487 e. The van der Waals surface area contributed by atoms with Gasteiger partial charge < -0.3 is 14.2 Å². The van der Waals surface area contributed by atoms with E-state index < -0.39 is 0 Å². The fourth-order valence-corrected chi connectivity index (χ4v) is 3.61. The zero-order valence-corrected chi connectivity index (χ0v) is 15.3. The fourth-order valence-electron chi connectivity index (χ4n) is 2.43. The SMILES string of the molecule is O=Cc1cc(Br)ccc1OCc1csc(-c2ccc3c(c2)OCO3)n1. The van der Waals surface area contributed by atoms with Gasteiger partial charge in [-0.2, -0.15) is 0 Å². The van der Waals surface area contributed by atoms with Gasteiger partial charge in [0.1, 0.15) is 17.4 Å². The van der Waals surface area contributed by atoms with Gasteiger partial charge in [0.05, 0.1) is 11.3 Å². The molecule has 126 valence electrons. The molecule has 1 aromatic heterocycles. The van der Waals surface area contributed by atoms with Crippen LogP contribution in [0.2, 0.25) is 0 Å². The first-order valence-corrected chi connectivity index (χ1v) is 9.12. The Morgan fingerprint density at radius 1 is 1.20 bits per heavy atom.